The Labute approximate surface area is 223 Å². The number of fused-ring (bicyclic) bond motifs is 10. The number of hydrogen-bond acceptors (Lipinski definition) is 2. The fraction of sp³-hybridized carbons (Fsp3) is 0. The Bertz CT molecular complexity index is 2390. The van der Waals surface area contributed by atoms with Gasteiger partial charge >= 0.3 is 0 Å². The number of furan rings is 2. The molecule has 3 nitrogen and oxygen atoms in total. The highest BCUT2D eigenvalue weighted by Crippen LogP contribution is 2.43. The van der Waals surface area contributed by atoms with Crippen LogP contribution in [0.2, 0.25) is 0 Å². The lowest BCUT2D eigenvalue weighted by atomic mass is 10.00. The molecule has 3 aromatic heterocycles. The molecule has 3 heterocycles. The zero-order valence-corrected chi connectivity index (χ0v) is 20.9. The van der Waals surface area contributed by atoms with Crippen LogP contribution in [0.5, 0.6) is 0 Å². The molecule has 0 amide bonds. The highest BCUT2D eigenvalue weighted by molar-refractivity contribution is 6.23. The van der Waals surface area contributed by atoms with Crippen molar-refractivity contribution in [3.63, 3.8) is 0 Å². The summed E-state index contributed by atoms with van der Waals surface area (Å²) in [4.78, 5) is 0. The van der Waals surface area contributed by atoms with Crippen LogP contribution in [0.25, 0.3) is 82.5 Å². The van der Waals surface area contributed by atoms with Gasteiger partial charge in [0.1, 0.15) is 22.3 Å². The summed E-state index contributed by atoms with van der Waals surface area (Å²) in [5, 5.41) is 6.79. The third-order valence-electron chi connectivity index (χ3n) is 8.00. The van der Waals surface area contributed by atoms with Gasteiger partial charge in [-0.3, -0.25) is 0 Å². The van der Waals surface area contributed by atoms with Crippen molar-refractivity contribution in [2.45, 2.75) is 0 Å². The molecule has 3 heteroatoms. The minimum absolute atomic E-state index is 0.847. The van der Waals surface area contributed by atoms with E-state index in [1.54, 1.807) is 0 Å². The van der Waals surface area contributed by atoms with Crippen LogP contribution in [-0.4, -0.2) is 4.57 Å². The average Bonchev–Trinajstić information content (AvgIpc) is 3.66. The molecule has 0 aliphatic heterocycles. The monoisotopic (exact) mass is 499 g/mol. The van der Waals surface area contributed by atoms with Crippen LogP contribution in [0.4, 0.5) is 0 Å². The molecule has 182 valence electrons. The van der Waals surface area contributed by atoms with E-state index in [9.17, 15) is 0 Å². The van der Waals surface area contributed by atoms with Crippen molar-refractivity contribution in [3.05, 3.63) is 127 Å². The summed E-state index contributed by atoms with van der Waals surface area (Å²) in [7, 11) is 0. The van der Waals surface area contributed by atoms with E-state index in [4.69, 9.17) is 8.83 Å². The predicted molar refractivity (Wildman–Crippen MR) is 161 cm³/mol. The Balaban J connectivity index is 1.33. The minimum Gasteiger partial charge on any atom is -0.456 e. The molecule has 39 heavy (non-hydrogen) atoms. The summed E-state index contributed by atoms with van der Waals surface area (Å²) in [5.74, 6) is 0. The Morgan fingerprint density at radius 2 is 1.18 bits per heavy atom. The lowest BCUT2D eigenvalue weighted by Crippen LogP contribution is -1.92. The van der Waals surface area contributed by atoms with Crippen LogP contribution in [0.3, 0.4) is 0 Å². The van der Waals surface area contributed by atoms with E-state index < -0.39 is 0 Å². The highest BCUT2D eigenvalue weighted by Gasteiger charge is 2.19. The van der Waals surface area contributed by atoms with Crippen molar-refractivity contribution in [2.24, 2.45) is 0 Å². The number of hydrogen-bond donors (Lipinski definition) is 0. The molecule has 0 radical (unpaired) electrons. The van der Waals surface area contributed by atoms with Gasteiger partial charge in [-0.2, -0.15) is 0 Å². The van der Waals surface area contributed by atoms with E-state index in [2.05, 4.69) is 114 Å². The molecule has 0 saturated carbocycles. The summed E-state index contributed by atoms with van der Waals surface area (Å²) in [6.07, 6.45) is 0. The summed E-state index contributed by atoms with van der Waals surface area (Å²) in [6, 6.07) is 44.7. The molecule has 0 aliphatic carbocycles. The molecule has 0 aliphatic rings. The van der Waals surface area contributed by atoms with E-state index in [0.717, 1.165) is 60.7 Å². The van der Waals surface area contributed by atoms with Gasteiger partial charge in [-0.25, -0.2) is 0 Å². The van der Waals surface area contributed by atoms with E-state index >= 15 is 0 Å². The Morgan fingerprint density at radius 3 is 2.10 bits per heavy atom. The second kappa shape index (κ2) is 7.62. The van der Waals surface area contributed by atoms with Gasteiger partial charge in [0.25, 0.3) is 0 Å². The average molecular weight is 500 g/mol. The molecule has 0 bridgehead atoms. The third-order valence-corrected chi connectivity index (χ3v) is 8.00. The molecule has 0 spiro atoms. The Hall–Kier alpha value is -5.28. The van der Waals surface area contributed by atoms with Crippen molar-refractivity contribution in [1.29, 1.82) is 0 Å². The standard InChI is InChI=1S/C36H21NO2/c1-2-9-23(10-3-1)37-30-15-6-4-11-25(30)29-21-22(17-19-31(29)37)24-13-8-14-26-27-18-20-33-34(36(27)39-35(24)26)28-12-5-7-16-32(28)38-33/h1-21H. The van der Waals surface area contributed by atoms with Crippen molar-refractivity contribution in [3.8, 4) is 16.8 Å². The van der Waals surface area contributed by atoms with Gasteiger partial charge in [0.15, 0.2) is 0 Å². The number of rotatable bonds is 2. The summed E-state index contributed by atoms with van der Waals surface area (Å²) < 4.78 is 15.2. The first kappa shape index (κ1) is 20.7. The maximum Gasteiger partial charge on any atom is 0.147 e. The molecular weight excluding hydrogens is 478 g/mol. The zero-order valence-electron chi connectivity index (χ0n) is 20.9. The van der Waals surface area contributed by atoms with Crippen molar-refractivity contribution in [2.75, 3.05) is 0 Å². The van der Waals surface area contributed by atoms with E-state index in [-0.39, 0.29) is 0 Å². The predicted octanol–water partition coefficient (Wildman–Crippen LogP) is 10.2. The largest absolute Gasteiger partial charge is 0.456 e. The van der Waals surface area contributed by atoms with Gasteiger partial charge in [-0.1, -0.05) is 78.9 Å². The Kier molecular flexibility index (Phi) is 4.05. The molecule has 0 N–H and O–H groups in total. The number of nitrogens with zero attached hydrogens (tertiary/aromatic N) is 1. The topological polar surface area (TPSA) is 31.2 Å². The van der Waals surface area contributed by atoms with E-state index in [0.29, 0.717) is 0 Å². The quantitative estimate of drug-likeness (QED) is 0.237. The molecule has 0 unspecified atom stereocenters. The van der Waals surface area contributed by atoms with Crippen LogP contribution in [0.1, 0.15) is 0 Å². The fourth-order valence-corrected chi connectivity index (χ4v) is 6.29. The van der Waals surface area contributed by atoms with Crippen LogP contribution >= 0.6 is 0 Å². The van der Waals surface area contributed by atoms with Crippen LogP contribution in [-0.2, 0) is 0 Å². The molecule has 6 aromatic carbocycles. The second-order valence-corrected chi connectivity index (χ2v) is 10.1. The summed E-state index contributed by atoms with van der Waals surface area (Å²) in [5.41, 5.74) is 9.27. The van der Waals surface area contributed by atoms with Gasteiger partial charge in [0, 0.05) is 38.2 Å². The molecular formula is C36H21NO2. The first-order valence-electron chi connectivity index (χ1n) is 13.2. The van der Waals surface area contributed by atoms with Gasteiger partial charge in [-0.05, 0) is 54.1 Å². The van der Waals surface area contributed by atoms with Gasteiger partial charge in [0.2, 0.25) is 0 Å². The first-order valence-corrected chi connectivity index (χ1v) is 13.2. The molecule has 0 fully saturated rings. The number of para-hydroxylation sites is 4. The zero-order chi connectivity index (χ0) is 25.5. The maximum atomic E-state index is 6.73. The lowest BCUT2D eigenvalue weighted by molar-refractivity contribution is 0.663. The normalized spacial score (nSPS) is 12.1. The smallest absolute Gasteiger partial charge is 0.147 e. The lowest BCUT2D eigenvalue weighted by Gasteiger charge is -2.08. The minimum atomic E-state index is 0.847. The van der Waals surface area contributed by atoms with E-state index in [1.807, 2.05) is 18.2 Å². The Morgan fingerprint density at radius 1 is 0.436 bits per heavy atom. The SMILES string of the molecule is c1ccc(-n2c3ccccc3c3cc(-c4cccc5c4oc4c5ccc5oc6ccccc6c54)ccc32)cc1. The fourth-order valence-electron chi connectivity index (χ4n) is 6.29. The maximum absolute atomic E-state index is 6.73. The molecule has 9 aromatic rings. The second-order valence-electron chi connectivity index (χ2n) is 10.1. The van der Waals surface area contributed by atoms with Crippen molar-refractivity contribution in [1.82, 2.24) is 4.57 Å². The van der Waals surface area contributed by atoms with E-state index in [1.165, 1.54) is 21.8 Å². The summed E-state index contributed by atoms with van der Waals surface area (Å²) >= 11 is 0. The van der Waals surface area contributed by atoms with Gasteiger partial charge in [0.05, 0.1) is 16.4 Å². The van der Waals surface area contributed by atoms with Gasteiger partial charge in [-0.15, -0.1) is 0 Å². The van der Waals surface area contributed by atoms with Crippen LogP contribution in [0, 0.1) is 0 Å². The number of benzene rings is 6. The van der Waals surface area contributed by atoms with Crippen LogP contribution in [0.15, 0.2) is 136 Å². The molecule has 9 rings (SSSR count). The highest BCUT2D eigenvalue weighted by atomic mass is 16.3. The third kappa shape index (κ3) is 2.82. The van der Waals surface area contributed by atoms with Crippen LogP contribution < -0.4 is 0 Å². The van der Waals surface area contributed by atoms with Crippen molar-refractivity contribution >= 4 is 65.7 Å². The molecule has 0 saturated heterocycles. The van der Waals surface area contributed by atoms with Gasteiger partial charge < -0.3 is 13.4 Å². The first-order chi connectivity index (χ1) is 19.3. The number of aromatic nitrogens is 1. The summed E-state index contributed by atoms with van der Waals surface area (Å²) in [6.45, 7) is 0. The van der Waals surface area contributed by atoms with Crippen molar-refractivity contribution < 1.29 is 8.83 Å². The molecule has 0 atom stereocenters.